The molecule has 2 heterocycles. The molecule has 0 spiro atoms. The summed E-state index contributed by atoms with van der Waals surface area (Å²) in [6, 6.07) is 9.01. The Balaban J connectivity index is 2.39. The van der Waals surface area contributed by atoms with Crippen LogP contribution < -0.4 is 5.56 Å². The lowest BCUT2D eigenvalue weighted by atomic mass is 10.2. The topological polar surface area (TPSA) is 34.4 Å². The average Bonchev–Trinajstić information content (AvgIpc) is 2.73. The van der Waals surface area contributed by atoms with E-state index in [1.165, 1.54) is 17.4 Å². The Labute approximate surface area is 112 Å². The lowest BCUT2D eigenvalue weighted by Gasteiger charge is -2.03. The van der Waals surface area contributed by atoms with Gasteiger partial charge < -0.3 is 0 Å². The number of nitrogens with zero attached hydrogens (tertiary/aromatic N) is 2. The highest BCUT2D eigenvalue weighted by atomic mass is 35.5. The summed E-state index contributed by atoms with van der Waals surface area (Å²) in [6.07, 6.45) is 0. The molecule has 0 N–H and O–H groups in total. The number of hydrogen-bond donors (Lipinski definition) is 0. The van der Waals surface area contributed by atoms with E-state index in [0.717, 1.165) is 17.0 Å². The highest BCUT2D eigenvalue weighted by molar-refractivity contribution is 7.15. The SMILES string of the molecule is Cc1cc(=O)n2c(-c3ccccc3Cl)csc2n1. The Bertz CT molecular complexity index is 791. The minimum absolute atomic E-state index is 0.0753. The summed E-state index contributed by atoms with van der Waals surface area (Å²) in [7, 11) is 0. The molecule has 5 heteroatoms. The van der Waals surface area contributed by atoms with Crippen LogP contribution >= 0.6 is 22.9 Å². The standard InChI is InChI=1S/C13H9ClN2OS/c1-8-6-12(17)16-11(7-18-13(16)15-8)9-4-2-3-5-10(9)14/h2-7H,1H3. The van der Waals surface area contributed by atoms with Crippen molar-refractivity contribution < 1.29 is 0 Å². The fourth-order valence-electron chi connectivity index (χ4n) is 1.89. The summed E-state index contributed by atoms with van der Waals surface area (Å²) in [5, 5.41) is 2.54. The molecule has 0 aliphatic heterocycles. The molecular weight excluding hydrogens is 268 g/mol. The van der Waals surface area contributed by atoms with Crippen molar-refractivity contribution in [1.29, 1.82) is 0 Å². The molecule has 3 aromatic rings. The predicted octanol–water partition coefficient (Wildman–Crippen LogP) is 3.38. The van der Waals surface area contributed by atoms with Gasteiger partial charge in [0, 0.05) is 27.7 Å². The third-order valence-electron chi connectivity index (χ3n) is 2.68. The third-order valence-corrected chi connectivity index (χ3v) is 3.84. The van der Waals surface area contributed by atoms with Crippen LogP contribution in [0.5, 0.6) is 0 Å². The van der Waals surface area contributed by atoms with Gasteiger partial charge in [-0.3, -0.25) is 9.20 Å². The fourth-order valence-corrected chi connectivity index (χ4v) is 3.06. The molecule has 0 aliphatic rings. The van der Waals surface area contributed by atoms with Gasteiger partial charge in [0.05, 0.1) is 5.69 Å². The average molecular weight is 277 g/mol. The Hall–Kier alpha value is -1.65. The van der Waals surface area contributed by atoms with Crippen LogP contribution in [0.1, 0.15) is 5.69 Å². The highest BCUT2D eigenvalue weighted by Gasteiger charge is 2.11. The van der Waals surface area contributed by atoms with Crippen molar-refractivity contribution in [2.24, 2.45) is 0 Å². The van der Waals surface area contributed by atoms with E-state index >= 15 is 0 Å². The summed E-state index contributed by atoms with van der Waals surface area (Å²) in [5.41, 5.74) is 2.29. The maximum atomic E-state index is 12.1. The first-order valence-corrected chi connectivity index (χ1v) is 6.65. The Morgan fingerprint density at radius 3 is 2.89 bits per heavy atom. The van der Waals surface area contributed by atoms with E-state index in [1.807, 2.05) is 36.6 Å². The minimum Gasteiger partial charge on any atom is -0.269 e. The number of halogens is 1. The zero-order valence-corrected chi connectivity index (χ0v) is 11.1. The molecule has 0 saturated carbocycles. The second-order valence-electron chi connectivity index (χ2n) is 3.95. The smallest absolute Gasteiger partial charge is 0.259 e. The van der Waals surface area contributed by atoms with Crippen molar-refractivity contribution in [2.75, 3.05) is 0 Å². The van der Waals surface area contributed by atoms with Crippen LogP contribution in [-0.4, -0.2) is 9.38 Å². The van der Waals surface area contributed by atoms with Gasteiger partial charge in [-0.2, -0.15) is 0 Å². The number of hydrogen-bond acceptors (Lipinski definition) is 3. The van der Waals surface area contributed by atoms with Crippen molar-refractivity contribution in [1.82, 2.24) is 9.38 Å². The van der Waals surface area contributed by atoms with Crippen LogP contribution in [0.2, 0.25) is 5.02 Å². The molecule has 3 rings (SSSR count). The lowest BCUT2D eigenvalue weighted by Crippen LogP contribution is -2.13. The lowest BCUT2D eigenvalue weighted by molar-refractivity contribution is 1.05. The first-order chi connectivity index (χ1) is 8.66. The van der Waals surface area contributed by atoms with Gasteiger partial charge in [-0.15, -0.1) is 11.3 Å². The number of aromatic nitrogens is 2. The molecule has 0 fully saturated rings. The second-order valence-corrected chi connectivity index (χ2v) is 5.20. The summed E-state index contributed by atoms with van der Waals surface area (Å²) < 4.78 is 1.60. The van der Waals surface area contributed by atoms with Gasteiger partial charge in [0.15, 0.2) is 4.96 Å². The quantitative estimate of drug-likeness (QED) is 0.683. The molecule has 0 radical (unpaired) electrons. The van der Waals surface area contributed by atoms with Crippen molar-refractivity contribution >= 4 is 27.9 Å². The van der Waals surface area contributed by atoms with Crippen LogP contribution in [0.15, 0.2) is 40.5 Å². The molecule has 0 amide bonds. The maximum absolute atomic E-state index is 12.1. The van der Waals surface area contributed by atoms with Crippen LogP contribution in [0.3, 0.4) is 0 Å². The monoisotopic (exact) mass is 276 g/mol. The molecule has 1 aromatic carbocycles. The molecule has 0 atom stereocenters. The van der Waals surface area contributed by atoms with Crippen LogP contribution in [0, 0.1) is 6.92 Å². The molecule has 90 valence electrons. The van der Waals surface area contributed by atoms with Crippen LogP contribution in [-0.2, 0) is 0 Å². The number of fused-ring (bicyclic) bond motifs is 1. The van der Waals surface area contributed by atoms with E-state index in [1.54, 1.807) is 4.40 Å². The van der Waals surface area contributed by atoms with E-state index in [9.17, 15) is 4.79 Å². The summed E-state index contributed by atoms with van der Waals surface area (Å²) >= 11 is 7.61. The Kier molecular flexibility index (Phi) is 2.69. The molecule has 3 nitrogen and oxygen atoms in total. The predicted molar refractivity (Wildman–Crippen MR) is 74.5 cm³/mol. The second kappa shape index (κ2) is 4.23. The van der Waals surface area contributed by atoms with E-state index in [4.69, 9.17) is 11.6 Å². The van der Waals surface area contributed by atoms with E-state index < -0.39 is 0 Å². The fraction of sp³-hybridized carbons (Fsp3) is 0.0769. The maximum Gasteiger partial charge on any atom is 0.259 e. The van der Waals surface area contributed by atoms with Gasteiger partial charge in [-0.05, 0) is 13.0 Å². The Morgan fingerprint density at radius 2 is 2.11 bits per heavy atom. The summed E-state index contributed by atoms with van der Waals surface area (Å²) in [4.78, 5) is 17.1. The van der Waals surface area contributed by atoms with Gasteiger partial charge in [0.25, 0.3) is 5.56 Å². The summed E-state index contributed by atoms with van der Waals surface area (Å²) in [5.74, 6) is 0. The number of aryl methyl sites for hydroxylation is 1. The largest absolute Gasteiger partial charge is 0.269 e. The van der Waals surface area contributed by atoms with Crippen LogP contribution in [0.4, 0.5) is 0 Å². The van der Waals surface area contributed by atoms with Crippen molar-refractivity contribution in [2.45, 2.75) is 6.92 Å². The van der Waals surface area contributed by atoms with Crippen molar-refractivity contribution in [3.05, 3.63) is 56.8 Å². The van der Waals surface area contributed by atoms with Crippen LogP contribution in [0.25, 0.3) is 16.2 Å². The van der Waals surface area contributed by atoms with E-state index in [-0.39, 0.29) is 5.56 Å². The van der Waals surface area contributed by atoms with Gasteiger partial charge >= 0.3 is 0 Å². The summed E-state index contributed by atoms with van der Waals surface area (Å²) in [6.45, 7) is 1.82. The minimum atomic E-state index is -0.0753. The molecule has 0 unspecified atom stereocenters. The number of thiazole rings is 1. The van der Waals surface area contributed by atoms with Gasteiger partial charge in [-0.25, -0.2) is 4.98 Å². The van der Waals surface area contributed by atoms with Crippen molar-refractivity contribution in [3.8, 4) is 11.3 Å². The highest BCUT2D eigenvalue weighted by Crippen LogP contribution is 2.29. The molecule has 2 aromatic heterocycles. The number of benzene rings is 1. The normalized spacial score (nSPS) is 11.0. The Morgan fingerprint density at radius 1 is 1.33 bits per heavy atom. The van der Waals surface area contributed by atoms with Gasteiger partial charge in [0.1, 0.15) is 0 Å². The first-order valence-electron chi connectivity index (χ1n) is 5.39. The van der Waals surface area contributed by atoms with Gasteiger partial charge in [0.2, 0.25) is 0 Å². The molecule has 18 heavy (non-hydrogen) atoms. The third kappa shape index (κ3) is 1.74. The van der Waals surface area contributed by atoms with Crippen molar-refractivity contribution in [3.63, 3.8) is 0 Å². The molecule has 0 bridgehead atoms. The van der Waals surface area contributed by atoms with E-state index in [0.29, 0.717) is 9.98 Å². The first kappa shape index (κ1) is 11.4. The van der Waals surface area contributed by atoms with E-state index in [2.05, 4.69) is 4.98 Å². The zero-order valence-electron chi connectivity index (χ0n) is 9.55. The molecule has 0 saturated heterocycles. The molecular formula is C13H9ClN2OS. The zero-order chi connectivity index (χ0) is 12.7. The molecule has 0 aliphatic carbocycles. The number of rotatable bonds is 1. The van der Waals surface area contributed by atoms with Gasteiger partial charge in [-0.1, -0.05) is 29.8 Å².